The molecular weight excluding hydrogens is 270 g/mol. The quantitative estimate of drug-likeness (QED) is 0.547. The molecular formula is C19H15N3. The van der Waals surface area contributed by atoms with Crippen LogP contribution in [0.2, 0.25) is 0 Å². The summed E-state index contributed by atoms with van der Waals surface area (Å²) in [4.78, 5) is 4.79. The van der Waals surface area contributed by atoms with Crippen LogP contribution in [0.3, 0.4) is 0 Å². The van der Waals surface area contributed by atoms with Gasteiger partial charge in [0.15, 0.2) is 5.65 Å². The van der Waals surface area contributed by atoms with E-state index in [-0.39, 0.29) is 0 Å². The van der Waals surface area contributed by atoms with Gasteiger partial charge in [-0.15, -0.1) is 0 Å². The summed E-state index contributed by atoms with van der Waals surface area (Å²) in [6, 6.07) is 22.7. The molecule has 106 valence electrons. The Bertz CT molecular complexity index is 925. The zero-order valence-corrected chi connectivity index (χ0v) is 12.3. The minimum atomic E-state index is 0.903. The first-order valence-corrected chi connectivity index (χ1v) is 7.29. The third-order valence-corrected chi connectivity index (χ3v) is 3.79. The highest BCUT2D eigenvalue weighted by Gasteiger charge is 2.11. The Hall–Kier alpha value is -2.94. The molecule has 2 aromatic heterocycles. The molecule has 0 spiro atoms. The van der Waals surface area contributed by atoms with Crippen LogP contribution in [0.1, 0.15) is 5.56 Å². The molecule has 0 aliphatic heterocycles. The zero-order valence-electron chi connectivity index (χ0n) is 12.3. The zero-order chi connectivity index (χ0) is 14.9. The van der Waals surface area contributed by atoms with Gasteiger partial charge in [-0.1, -0.05) is 60.7 Å². The Morgan fingerprint density at radius 3 is 2.14 bits per heavy atom. The SMILES string of the molecule is Cc1cnn2c(-c3ccccc3)cc(-c3ccccc3)nc12. The lowest BCUT2D eigenvalue weighted by Gasteiger charge is -2.09. The van der Waals surface area contributed by atoms with Gasteiger partial charge in [0.2, 0.25) is 0 Å². The van der Waals surface area contributed by atoms with E-state index in [4.69, 9.17) is 4.98 Å². The fraction of sp³-hybridized carbons (Fsp3) is 0.0526. The van der Waals surface area contributed by atoms with Crippen molar-refractivity contribution in [2.75, 3.05) is 0 Å². The monoisotopic (exact) mass is 285 g/mol. The van der Waals surface area contributed by atoms with E-state index in [1.807, 2.05) is 54.0 Å². The van der Waals surface area contributed by atoms with Crippen LogP contribution in [-0.4, -0.2) is 14.6 Å². The van der Waals surface area contributed by atoms with Crippen LogP contribution in [-0.2, 0) is 0 Å². The standard InChI is InChI=1S/C19H15N3/c1-14-13-20-22-18(16-10-6-3-7-11-16)12-17(21-19(14)22)15-8-4-2-5-9-15/h2-13H,1H3. The number of aromatic nitrogens is 3. The molecule has 0 saturated carbocycles. The fourth-order valence-electron chi connectivity index (χ4n) is 2.64. The molecule has 22 heavy (non-hydrogen) atoms. The van der Waals surface area contributed by atoms with Gasteiger partial charge in [0.25, 0.3) is 0 Å². The predicted octanol–water partition coefficient (Wildman–Crippen LogP) is 4.37. The lowest BCUT2D eigenvalue weighted by atomic mass is 10.1. The fourth-order valence-corrected chi connectivity index (χ4v) is 2.64. The molecule has 0 N–H and O–H groups in total. The third kappa shape index (κ3) is 2.07. The van der Waals surface area contributed by atoms with Crippen LogP contribution in [0.4, 0.5) is 0 Å². The van der Waals surface area contributed by atoms with Gasteiger partial charge in [-0.2, -0.15) is 5.10 Å². The van der Waals surface area contributed by atoms with E-state index in [0.717, 1.165) is 33.7 Å². The molecule has 0 amide bonds. The summed E-state index contributed by atoms with van der Waals surface area (Å²) in [6.07, 6.45) is 1.86. The van der Waals surface area contributed by atoms with E-state index in [1.54, 1.807) is 0 Å². The number of hydrogen-bond acceptors (Lipinski definition) is 2. The maximum absolute atomic E-state index is 4.79. The second-order valence-electron chi connectivity index (χ2n) is 5.32. The van der Waals surface area contributed by atoms with Crippen LogP contribution in [0.5, 0.6) is 0 Å². The molecule has 3 heteroatoms. The summed E-state index contributed by atoms with van der Waals surface area (Å²) in [5, 5.41) is 4.48. The van der Waals surface area contributed by atoms with Gasteiger partial charge in [0.05, 0.1) is 17.6 Å². The summed E-state index contributed by atoms with van der Waals surface area (Å²) in [5.41, 5.74) is 6.25. The average molecular weight is 285 g/mol. The molecule has 0 bridgehead atoms. The van der Waals surface area contributed by atoms with E-state index in [9.17, 15) is 0 Å². The Kier molecular flexibility index (Phi) is 2.97. The number of benzene rings is 2. The van der Waals surface area contributed by atoms with E-state index in [0.29, 0.717) is 0 Å². The summed E-state index contributed by atoms with van der Waals surface area (Å²) in [7, 11) is 0. The van der Waals surface area contributed by atoms with E-state index in [1.165, 1.54) is 0 Å². The molecule has 3 nitrogen and oxygen atoms in total. The van der Waals surface area contributed by atoms with Crippen LogP contribution >= 0.6 is 0 Å². The van der Waals surface area contributed by atoms with E-state index < -0.39 is 0 Å². The van der Waals surface area contributed by atoms with Crippen molar-refractivity contribution in [3.63, 3.8) is 0 Å². The molecule has 2 heterocycles. The molecule has 0 aliphatic rings. The summed E-state index contributed by atoms with van der Waals surface area (Å²) < 4.78 is 1.91. The van der Waals surface area contributed by atoms with Crippen molar-refractivity contribution < 1.29 is 0 Å². The maximum Gasteiger partial charge on any atom is 0.159 e. The molecule has 0 aliphatic carbocycles. The lowest BCUT2D eigenvalue weighted by Crippen LogP contribution is -1.98. The second kappa shape index (κ2) is 5.11. The highest BCUT2D eigenvalue weighted by molar-refractivity contribution is 5.72. The highest BCUT2D eigenvalue weighted by atomic mass is 15.3. The number of hydrogen-bond donors (Lipinski definition) is 0. The van der Waals surface area contributed by atoms with Gasteiger partial charge in [-0.05, 0) is 13.0 Å². The molecule has 4 rings (SSSR count). The van der Waals surface area contributed by atoms with Crippen LogP contribution in [0.25, 0.3) is 28.2 Å². The molecule has 0 fully saturated rings. The van der Waals surface area contributed by atoms with Gasteiger partial charge in [-0.3, -0.25) is 0 Å². The van der Waals surface area contributed by atoms with Crippen molar-refractivity contribution in [2.45, 2.75) is 6.92 Å². The van der Waals surface area contributed by atoms with Crippen LogP contribution in [0, 0.1) is 6.92 Å². The molecule has 0 unspecified atom stereocenters. The number of nitrogens with zero attached hydrogens (tertiary/aromatic N) is 3. The van der Waals surface area contributed by atoms with Crippen LogP contribution in [0.15, 0.2) is 72.9 Å². The Balaban J connectivity index is 2.03. The average Bonchev–Trinajstić information content (AvgIpc) is 2.97. The maximum atomic E-state index is 4.79. The Morgan fingerprint density at radius 2 is 1.45 bits per heavy atom. The van der Waals surface area contributed by atoms with Crippen molar-refractivity contribution in [2.24, 2.45) is 0 Å². The first-order chi connectivity index (χ1) is 10.8. The number of rotatable bonds is 2. The van der Waals surface area contributed by atoms with E-state index in [2.05, 4.69) is 35.4 Å². The highest BCUT2D eigenvalue weighted by Crippen LogP contribution is 2.26. The Morgan fingerprint density at radius 1 is 0.818 bits per heavy atom. The van der Waals surface area contributed by atoms with E-state index >= 15 is 0 Å². The van der Waals surface area contributed by atoms with Crippen LogP contribution < -0.4 is 0 Å². The van der Waals surface area contributed by atoms with Crippen molar-refractivity contribution >= 4 is 5.65 Å². The molecule has 0 radical (unpaired) electrons. The predicted molar refractivity (Wildman–Crippen MR) is 88.6 cm³/mol. The van der Waals surface area contributed by atoms with Crippen molar-refractivity contribution in [3.05, 3.63) is 78.5 Å². The molecule has 0 saturated heterocycles. The van der Waals surface area contributed by atoms with Crippen molar-refractivity contribution in [1.82, 2.24) is 14.6 Å². The van der Waals surface area contributed by atoms with Crippen molar-refractivity contribution in [3.8, 4) is 22.5 Å². The lowest BCUT2D eigenvalue weighted by molar-refractivity contribution is 0.949. The smallest absolute Gasteiger partial charge is 0.159 e. The van der Waals surface area contributed by atoms with Gasteiger partial charge in [0, 0.05) is 16.7 Å². The van der Waals surface area contributed by atoms with Gasteiger partial charge >= 0.3 is 0 Å². The van der Waals surface area contributed by atoms with Gasteiger partial charge in [-0.25, -0.2) is 9.50 Å². The molecule has 0 atom stereocenters. The number of aryl methyl sites for hydroxylation is 1. The first-order valence-electron chi connectivity index (χ1n) is 7.29. The number of fused-ring (bicyclic) bond motifs is 1. The van der Waals surface area contributed by atoms with Gasteiger partial charge in [0.1, 0.15) is 0 Å². The topological polar surface area (TPSA) is 30.2 Å². The largest absolute Gasteiger partial charge is 0.228 e. The molecule has 4 aromatic rings. The summed E-state index contributed by atoms with van der Waals surface area (Å²) in [5.74, 6) is 0. The summed E-state index contributed by atoms with van der Waals surface area (Å²) in [6.45, 7) is 2.04. The molecule has 2 aromatic carbocycles. The third-order valence-electron chi connectivity index (χ3n) is 3.79. The second-order valence-corrected chi connectivity index (χ2v) is 5.32. The van der Waals surface area contributed by atoms with Gasteiger partial charge < -0.3 is 0 Å². The normalized spacial score (nSPS) is 11.0. The van der Waals surface area contributed by atoms with Crippen molar-refractivity contribution in [1.29, 1.82) is 0 Å². The minimum Gasteiger partial charge on any atom is -0.228 e. The minimum absolute atomic E-state index is 0.903. The first kappa shape index (κ1) is 12.8. The Labute approximate surface area is 128 Å². The summed E-state index contributed by atoms with van der Waals surface area (Å²) >= 11 is 0.